The molecule has 1 saturated heterocycles. The van der Waals surface area contributed by atoms with Crippen LogP contribution in [0.25, 0.3) is 0 Å². The number of ether oxygens (including phenoxy) is 1. The number of aromatic nitrogens is 1. The second-order valence-corrected chi connectivity index (χ2v) is 6.90. The van der Waals surface area contributed by atoms with E-state index in [0.29, 0.717) is 18.7 Å². The highest BCUT2D eigenvalue weighted by Gasteiger charge is 2.23. The van der Waals surface area contributed by atoms with Gasteiger partial charge in [-0.25, -0.2) is 0 Å². The number of hydrogen-bond donors (Lipinski definition) is 1. The zero-order valence-electron chi connectivity index (χ0n) is 16.6. The summed E-state index contributed by atoms with van der Waals surface area (Å²) in [6.07, 6.45) is 0. The summed E-state index contributed by atoms with van der Waals surface area (Å²) in [7, 11) is 1.35. The van der Waals surface area contributed by atoms with E-state index >= 15 is 0 Å². The van der Waals surface area contributed by atoms with Gasteiger partial charge in [0.1, 0.15) is 6.54 Å². The summed E-state index contributed by atoms with van der Waals surface area (Å²) in [4.78, 5) is 32.7. The fourth-order valence-electron chi connectivity index (χ4n) is 3.35. The number of hydrogen-bond acceptors (Lipinski definition) is 6. The van der Waals surface area contributed by atoms with Crippen LogP contribution >= 0.6 is 0 Å². The number of amides is 1. The topological polar surface area (TPSA) is 74.8 Å². The molecule has 0 saturated carbocycles. The summed E-state index contributed by atoms with van der Waals surface area (Å²) < 4.78 is 4.62. The van der Waals surface area contributed by atoms with Crippen molar-refractivity contribution in [3.63, 3.8) is 0 Å². The van der Waals surface area contributed by atoms with Gasteiger partial charge < -0.3 is 19.9 Å². The number of esters is 1. The molecule has 3 rings (SSSR count). The highest BCUT2D eigenvalue weighted by molar-refractivity contribution is 5.95. The third-order valence-corrected chi connectivity index (χ3v) is 4.77. The lowest BCUT2D eigenvalue weighted by molar-refractivity contribution is -0.138. The highest BCUT2D eigenvalue weighted by atomic mass is 16.5. The maximum Gasteiger partial charge on any atom is 0.325 e. The Morgan fingerprint density at radius 1 is 1.07 bits per heavy atom. The van der Waals surface area contributed by atoms with Gasteiger partial charge in [0.2, 0.25) is 0 Å². The third kappa shape index (κ3) is 4.79. The summed E-state index contributed by atoms with van der Waals surface area (Å²) in [6.45, 7) is 6.97. The van der Waals surface area contributed by atoms with Crippen LogP contribution in [-0.2, 0) is 9.53 Å². The molecule has 148 valence electrons. The monoisotopic (exact) mass is 382 g/mol. The van der Waals surface area contributed by atoms with Crippen LogP contribution in [0.5, 0.6) is 0 Å². The molecule has 1 aromatic heterocycles. The summed E-state index contributed by atoms with van der Waals surface area (Å²) in [5, 5.41) is 2.97. The zero-order valence-corrected chi connectivity index (χ0v) is 16.6. The Kier molecular flexibility index (Phi) is 6.13. The third-order valence-electron chi connectivity index (χ3n) is 4.77. The molecular weight excluding hydrogens is 356 g/mol. The van der Waals surface area contributed by atoms with E-state index < -0.39 is 0 Å². The van der Waals surface area contributed by atoms with Gasteiger partial charge in [0.05, 0.1) is 7.11 Å². The Morgan fingerprint density at radius 3 is 2.39 bits per heavy atom. The maximum atomic E-state index is 12.9. The van der Waals surface area contributed by atoms with Crippen molar-refractivity contribution in [2.45, 2.75) is 13.8 Å². The number of rotatable bonds is 5. The van der Waals surface area contributed by atoms with E-state index in [2.05, 4.69) is 32.1 Å². The van der Waals surface area contributed by atoms with Gasteiger partial charge in [-0.1, -0.05) is 6.07 Å². The second-order valence-electron chi connectivity index (χ2n) is 6.90. The minimum atomic E-state index is -0.352. The molecule has 0 spiro atoms. The number of aryl methyl sites for hydroxylation is 2. The molecule has 1 aromatic carbocycles. The zero-order chi connectivity index (χ0) is 20.1. The van der Waals surface area contributed by atoms with E-state index in [9.17, 15) is 9.59 Å². The molecule has 0 unspecified atom stereocenters. The van der Waals surface area contributed by atoms with Crippen LogP contribution in [0.3, 0.4) is 0 Å². The first kappa shape index (κ1) is 19.7. The van der Waals surface area contributed by atoms with E-state index in [1.165, 1.54) is 7.11 Å². The van der Waals surface area contributed by atoms with Gasteiger partial charge in [-0.2, -0.15) is 0 Å². The molecule has 28 heavy (non-hydrogen) atoms. The first-order valence-electron chi connectivity index (χ1n) is 9.36. The van der Waals surface area contributed by atoms with Gasteiger partial charge in [-0.3, -0.25) is 14.6 Å². The number of anilines is 2. The fraction of sp³-hybridized carbons (Fsp3) is 0.381. The molecule has 1 aliphatic rings. The lowest BCUT2D eigenvalue weighted by Gasteiger charge is -2.36. The second kappa shape index (κ2) is 8.73. The van der Waals surface area contributed by atoms with Gasteiger partial charge >= 0.3 is 5.97 Å². The normalized spacial score (nSPS) is 14.0. The summed E-state index contributed by atoms with van der Waals surface area (Å²) in [6, 6.07) is 11.4. The van der Waals surface area contributed by atoms with Crippen LogP contribution in [0.1, 0.15) is 21.7 Å². The van der Waals surface area contributed by atoms with Crippen molar-refractivity contribution < 1.29 is 14.3 Å². The van der Waals surface area contributed by atoms with Gasteiger partial charge in [-0.15, -0.1) is 0 Å². The van der Waals surface area contributed by atoms with Crippen molar-refractivity contribution in [3.8, 4) is 0 Å². The highest BCUT2D eigenvalue weighted by Crippen LogP contribution is 2.20. The predicted octanol–water partition coefficient (Wildman–Crippen LogP) is 2.25. The molecule has 1 amide bonds. The number of carbonyl (C=O) groups excluding carboxylic acids is 2. The number of piperazine rings is 1. The van der Waals surface area contributed by atoms with E-state index in [1.807, 2.05) is 30.9 Å². The summed E-state index contributed by atoms with van der Waals surface area (Å²) in [5.74, 6) is -0.349. The summed E-state index contributed by atoms with van der Waals surface area (Å²) in [5.41, 5.74) is 4.50. The van der Waals surface area contributed by atoms with Crippen LogP contribution in [0.15, 0.2) is 36.4 Å². The molecule has 0 atom stereocenters. The van der Waals surface area contributed by atoms with Crippen LogP contribution in [0, 0.1) is 13.8 Å². The Hall–Kier alpha value is -3.09. The average molecular weight is 382 g/mol. The lowest BCUT2D eigenvalue weighted by Crippen LogP contribution is -2.48. The molecule has 0 aliphatic carbocycles. The Balaban J connectivity index is 1.61. The molecule has 1 N–H and O–H groups in total. The van der Waals surface area contributed by atoms with Crippen LogP contribution in [-0.4, -0.2) is 61.6 Å². The maximum absolute atomic E-state index is 12.9. The van der Waals surface area contributed by atoms with Crippen molar-refractivity contribution in [2.75, 3.05) is 50.1 Å². The minimum absolute atomic E-state index is 0.00320. The van der Waals surface area contributed by atoms with Crippen molar-refractivity contribution in [1.82, 2.24) is 9.88 Å². The minimum Gasteiger partial charge on any atom is -0.468 e. The first-order valence-corrected chi connectivity index (χ1v) is 9.36. The van der Waals surface area contributed by atoms with Gasteiger partial charge in [-0.05, 0) is 44.2 Å². The SMILES string of the molecule is COC(=O)CNc1cccc(C(=O)N2CCN(c3cc(C)nc(C)c3)CC2)c1. The van der Waals surface area contributed by atoms with E-state index in [4.69, 9.17) is 0 Å². The molecular formula is C21H26N4O3. The van der Waals surface area contributed by atoms with Crippen molar-refractivity contribution in [1.29, 1.82) is 0 Å². The molecule has 0 bridgehead atoms. The van der Waals surface area contributed by atoms with Gasteiger partial charge in [0.15, 0.2) is 0 Å². The van der Waals surface area contributed by atoms with Crippen LogP contribution in [0.4, 0.5) is 11.4 Å². The molecule has 2 heterocycles. The standard InChI is InChI=1S/C21H26N4O3/c1-15-11-19(12-16(2)23-15)24-7-9-25(10-8-24)21(27)17-5-4-6-18(13-17)22-14-20(26)28-3/h4-6,11-13,22H,7-10,14H2,1-3H3. The summed E-state index contributed by atoms with van der Waals surface area (Å²) >= 11 is 0. The number of pyridine rings is 1. The van der Waals surface area contributed by atoms with Crippen molar-refractivity contribution in [3.05, 3.63) is 53.3 Å². The van der Waals surface area contributed by atoms with Crippen LogP contribution < -0.4 is 10.2 Å². The smallest absolute Gasteiger partial charge is 0.325 e. The molecule has 7 heteroatoms. The Morgan fingerprint density at radius 2 is 1.75 bits per heavy atom. The fourth-order valence-corrected chi connectivity index (χ4v) is 3.35. The molecule has 1 fully saturated rings. The van der Waals surface area contributed by atoms with E-state index in [-0.39, 0.29) is 18.4 Å². The molecule has 7 nitrogen and oxygen atoms in total. The molecule has 1 aliphatic heterocycles. The van der Waals surface area contributed by atoms with Crippen molar-refractivity contribution in [2.24, 2.45) is 0 Å². The number of methoxy groups -OCH3 is 1. The van der Waals surface area contributed by atoms with E-state index in [1.54, 1.807) is 12.1 Å². The van der Waals surface area contributed by atoms with E-state index in [0.717, 1.165) is 35.9 Å². The predicted molar refractivity (Wildman–Crippen MR) is 109 cm³/mol. The Labute approximate surface area is 165 Å². The first-order chi connectivity index (χ1) is 13.5. The number of carbonyl (C=O) groups is 2. The van der Waals surface area contributed by atoms with Crippen molar-refractivity contribution >= 4 is 23.3 Å². The van der Waals surface area contributed by atoms with Gasteiger partial charge in [0.25, 0.3) is 5.91 Å². The van der Waals surface area contributed by atoms with Gasteiger partial charge in [0, 0.05) is 54.5 Å². The largest absolute Gasteiger partial charge is 0.468 e. The number of nitrogens with zero attached hydrogens (tertiary/aromatic N) is 3. The lowest BCUT2D eigenvalue weighted by atomic mass is 10.1. The average Bonchev–Trinajstić information content (AvgIpc) is 2.71. The quantitative estimate of drug-likeness (QED) is 0.800. The Bertz CT molecular complexity index is 840. The molecule has 2 aromatic rings. The van der Waals surface area contributed by atoms with Crippen LogP contribution in [0.2, 0.25) is 0 Å². The molecule has 0 radical (unpaired) electrons. The number of benzene rings is 1. The number of nitrogens with one attached hydrogen (secondary N) is 1.